The predicted molar refractivity (Wildman–Crippen MR) is 54.7 cm³/mol. The summed E-state index contributed by atoms with van der Waals surface area (Å²) in [5, 5.41) is 22.9. The van der Waals surface area contributed by atoms with E-state index < -0.39 is 36.4 Å². The van der Waals surface area contributed by atoms with E-state index in [-0.39, 0.29) is 6.61 Å². The Morgan fingerprint density at radius 1 is 1.41 bits per heavy atom. The van der Waals surface area contributed by atoms with Crippen molar-refractivity contribution in [1.29, 1.82) is 0 Å². The molecule has 2 N–H and O–H groups in total. The van der Waals surface area contributed by atoms with E-state index in [1.165, 1.54) is 0 Å². The molecule has 2 rings (SSSR count). The molecule has 0 aromatic rings. The van der Waals surface area contributed by atoms with E-state index >= 15 is 0 Å². The number of rotatable bonds is 1. The minimum atomic E-state index is -1.35. The summed E-state index contributed by atoms with van der Waals surface area (Å²) in [6.07, 6.45) is -3.73. The van der Waals surface area contributed by atoms with E-state index in [9.17, 15) is 10.2 Å². The van der Waals surface area contributed by atoms with Gasteiger partial charge in [0.25, 0.3) is 0 Å². The molecule has 2 aliphatic heterocycles. The van der Waals surface area contributed by atoms with Crippen molar-refractivity contribution in [3.63, 3.8) is 0 Å². The van der Waals surface area contributed by atoms with Crippen LogP contribution in [0.1, 0.15) is 13.8 Å². The Kier molecular flexibility index (Phi) is 3.26. The molecule has 0 aromatic carbocycles. The van der Waals surface area contributed by atoms with Gasteiger partial charge in [0, 0.05) is 4.91 Å². The van der Waals surface area contributed by atoms with Crippen molar-refractivity contribution in [2.75, 3.05) is 6.61 Å². The molecule has 96 valence electrons. The first-order chi connectivity index (χ1) is 7.94. The monoisotopic (exact) mass is 245 g/mol. The summed E-state index contributed by atoms with van der Waals surface area (Å²) >= 11 is 0. The lowest BCUT2D eigenvalue weighted by molar-refractivity contribution is -0.362. The molecular formula is C9H15N3O5. The minimum absolute atomic E-state index is 0.203. The number of aliphatic hydroxyl groups excluding tert-OH is 2. The molecule has 0 unspecified atom stereocenters. The Morgan fingerprint density at radius 2 is 2.12 bits per heavy atom. The van der Waals surface area contributed by atoms with Crippen LogP contribution >= 0.6 is 0 Å². The lowest BCUT2D eigenvalue weighted by Gasteiger charge is -2.47. The van der Waals surface area contributed by atoms with Crippen molar-refractivity contribution in [2.24, 2.45) is 5.11 Å². The highest BCUT2D eigenvalue weighted by Gasteiger charge is 2.50. The van der Waals surface area contributed by atoms with Crippen molar-refractivity contribution in [3.05, 3.63) is 10.4 Å². The molecule has 2 saturated heterocycles. The molecule has 8 nitrogen and oxygen atoms in total. The Balaban J connectivity index is 2.18. The fourth-order valence-corrected chi connectivity index (χ4v) is 2.03. The van der Waals surface area contributed by atoms with E-state index in [1.807, 2.05) is 0 Å². The molecule has 0 bridgehead atoms. The highest BCUT2D eigenvalue weighted by Crippen LogP contribution is 2.32. The summed E-state index contributed by atoms with van der Waals surface area (Å²) in [5.74, 6) is -0.839. The molecule has 0 spiro atoms. The predicted octanol–water partition coefficient (Wildman–Crippen LogP) is -0.105. The third-order valence-electron chi connectivity index (χ3n) is 2.86. The highest BCUT2D eigenvalue weighted by atomic mass is 16.7. The smallest absolute Gasteiger partial charge is 0.166 e. The average molecular weight is 245 g/mol. The van der Waals surface area contributed by atoms with Crippen LogP contribution < -0.4 is 0 Å². The number of hydrogen-bond donors (Lipinski definition) is 2. The molecule has 0 amide bonds. The van der Waals surface area contributed by atoms with Gasteiger partial charge >= 0.3 is 0 Å². The maximum Gasteiger partial charge on any atom is 0.166 e. The van der Waals surface area contributed by atoms with Crippen LogP contribution in [0.15, 0.2) is 5.11 Å². The van der Waals surface area contributed by atoms with Crippen LogP contribution in [0.4, 0.5) is 0 Å². The lowest BCUT2D eigenvalue weighted by atomic mass is 9.96. The first-order valence-corrected chi connectivity index (χ1v) is 5.32. The summed E-state index contributed by atoms with van der Waals surface area (Å²) in [4.78, 5) is 2.57. The largest absolute Gasteiger partial charge is 0.390 e. The summed E-state index contributed by atoms with van der Waals surface area (Å²) in [7, 11) is 0. The van der Waals surface area contributed by atoms with Gasteiger partial charge in [0.1, 0.15) is 18.2 Å². The van der Waals surface area contributed by atoms with Gasteiger partial charge in [0.05, 0.1) is 12.7 Å². The Labute approximate surface area is 97.7 Å². The number of fused-ring (bicyclic) bond motifs is 1. The zero-order valence-corrected chi connectivity index (χ0v) is 9.55. The molecule has 2 heterocycles. The van der Waals surface area contributed by atoms with Gasteiger partial charge in [-0.3, -0.25) is 0 Å². The third kappa shape index (κ3) is 2.37. The van der Waals surface area contributed by atoms with Crippen molar-refractivity contribution in [1.82, 2.24) is 0 Å². The fraction of sp³-hybridized carbons (Fsp3) is 1.00. The molecule has 2 fully saturated rings. The number of azide groups is 1. The molecule has 0 radical (unpaired) electrons. The van der Waals surface area contributed by atoms with Crippen LogP contribution in [0.25, 0.3) is 10.4 Å². The topological polar surface area (TPSA) is 117 Å². The van der Waals surface area contributed by atoms with Gasteiger partial charge in [-0.15, -0.1) is 0 Å². The van der Waals surface area contributed by atoms with Crippen molar-refractivity contribution >= 4 is 0 Å². The maximum atomic E-state index is 10.0. The van der Waals surface area contributed by atoms with Crippen molar-refractivity contribution < 1.29 is 24.4 Å². The second kappa shape index (κ2) is 4.41. The van der Waals surface area contributed by atoms with Crippen LogP contribution in [0, 0.1) is 0 Å². The summed E-state index contributed by atoms with van der Waals surface area (Å²) in [5.41, 5.74) is 8.37. The first kappa shape index (κ1) is 12.6. The van der Waals surface area contributed by atoms with Crippen LogP contribution in [0.2, 0.25) is 0 Å². The van der Waals surface area contributed by atoms with Crippen LogP contribution in [-0.4, -0.2) is 53.3 Å². The van der Waals surface area contributed by atoms with Gasteiger partial charge in [-0.2, -0.15) is 0 Å². The molecular weight excluding hydrogens is 230 g/mol. The summed E-state index contributed by atoms with van der Waals surface area (Å²) in [6, 6.07) is -1.07. The van der Waals surface area contributed by atoms with Gasteiger partial charge < -0.3 is 24.4 Å². The maximum absolute atomic E-state index is 10.0. The fourth-order valence-electron chi connectivity index (χ4n) is 2.03. The zero-order chi connectivity index (χ0) is 12.6. The van der Waals surface area contributed by atoms with Gasteiger partial charge in [0.15, 0.2) is 12.1 Å². The number of nitrogens with zero attached hydrogens (tertiary/aromatic N) is 3. The standard InChI is InChI=1S/C9H15N3O5/c1-9(2)15-3-4-7(17-9)6(13)5(11-12-10)8(14)16-4/h4-8,13-14H,3H2,1-2H3/t4-,5-,6-,7-,8-/m1/s1. The number of aliphatic hydroxyl groups is 2. The van der Waals surface area contributed by atoms with Crippen molar-refractivity contribution in [2.45, 2.75) is 50.3 Å². The Bertz CT molecular complexity index is 344. The molecule has 17 heavy (non-hydrogen) atoms. The molecule has 0 aliphatic carbocycles. The highest BCUT2D eigenvalue weighted by molar-refractivity contribution is 4.96. The van der Waals surface area contributed by atoms with Gasteiger partial charge in [-0.1, -0.05) is 5.11 Å². The Hall–Kier alpha value is -0.890. The van der Waals surface area contributed by atoms with Crippen LogP contribution in [0.5, 0.6) is 0 Å². The number of ether oxygens (including phenoxy) is 3. The Morgan fingerprint density at radius 3 is 2.76 bits per heavy atom. The first-order valence-electron chi connectivity index (χ1n) is 5.32. The van der Waals surface area contributed by atoms with Gasteiger partial charge in [-0.25, -0.2) is 0 Å². The second-order valence-corrected chi connectivity index (χ2v) is 4.54. The molecule has 2 aliphatic rings. The summed E-state index contributed by atoms with van der Waals surface area (Å²) < 4.78 is 16.1. The molecule has 5 atom stereocenters. The molecule has 0 saturated carbocycles. The zero-order valence-electron chi connectivity index (χ0n) is 9.55. The normalized spacial score (nSPS) is 44.6. The van der Waals surface area contributed by atoms with E-state index in [2.05, 4.69) is 10.0 Å². The second-order valence-electron chi connectivity index (χ2n) is 4.54. The van der Waals surface area contributed by atoms with Crippen molar-refractivity contribution in [3.8, 4) is 0 Å². The van der Waals surface area contributed by atoms with E-state index in [0.29, 0.717) is 0 Å². The molecule has 8 heteroatoms. The molecule has 0 aromatic heterocycles. The minimum Gasteiger partial charge on any atom is -0.390 e. The van der Waals surface area contributed by atoms with E-state index in [0.717, 1.165) is 0 Å². The SMILES string of the molecule is CC1(C)OC[C@H]2O[C@@H](O)[C@H](N=[N+]=[N-])[C@@H](O)[C@@H]2O1. The van der Waals surface area contributed by atoms with Gasteiger partial charge in [0.2, 0.25) is 0 Å². The van der Waals surface area contributed by atoms with Crippen LogP contribution in [-0.2, 0) is 14.2 Å². The van der Waals surface area contributed by atoms with Crippen LogP contribution in [0.3, 0.4) is 0 Å². The average Bonchev–Trinajstić information content (AvgIpc) is 2.25. The van der Waals surface area contributed by atoms with Gasteiger partial charge in [-0.05, 0) is 19.4 Å². The lowest BCUT2D eigenvalue weighted by Crippen LogP contribution is -2.63. The third-order valence-corrected chi connectivity index (χ3v) is 2.86. The quantitative estimate of drug-likeness (QED) is 0.380. The van der Waals surface area contributed by atoms with E-state index in [4.69, 9.17) is 19.7 Å². The van der Waals surface area contributed by atoms with E-state index in [1.54, 1.807) is 13.8 Å². The summed E-state index contributed by atoms with van der Waals surface area (Å²) in [6.45, 7) is 3.63. The number of hydrogen-bond acceptors (Lipinski definition) is 6.